The highest BCUT2D eigenvalue weighted by Crippen LogP contribution is 2.37. The monoisotopic (exact) mass is 280 g/mol. The lowest BCUT2D eigenvalue weighted by Crippen LogP contribution is -2.29. The zero-order valence-corrected chi connectivity index (χ0v) is 11.1. The molecule has 1 atom stereocenters. The minimum atomic E-state index is -0.564. The molecule has 0 saturated carbocycles. The lowest BCUT2D eigenvalue weighted by Gasteiger charge is -2.17. The molecule has 1 unspecified atom stereocenters. The van der Waals surface area contributed by atoms with Crippen LogP contribution in [-0.4, -0.2) is 23.4 Å². The van der Waals surface area contributed by atoms with Crippen LogP contribution in [0.2, 0.25) is 0 Å². The van der Waals surface area contributed by atoms with Crippen molar-refractivity contribution in [2.45, 2.75) is 6.23 Å². The first-order chi connectivity index (χ1) is 10.3. The SMILES string of the molecule is O=C1COc2ccccc2C2OC(c3ccccc3)=NN12. The molecular weight excluding hydrogens is 268 g/mol. The Morgan fingerprint density at radius 2 is 1.81 bits per heavy atom. The molecule has 2 aromatic carbocycles. The van der Waals surface area contributed by atoms with Gasteiger partial charge in [-0.3, -0.25) is 4.79 Å². The second kappa shape index (κ2) is 4.63. The molecule has 0 fully saturated rings. The molecule has 5 nitrogen and oxygen atoms in total. The van der Waals surface area contributed by atoms with Crippen molar-refractivity contribution >= 4 is 11.8 Å². The smallest absolute Gasteiger partial charge is 0.284 e. The number of hydrazone groups is 1. The molecule has 0 N–H and O–H groups in total. The van der Waals surface area contributed by atoms with E-state index in [2.05, 4.69) is 5.10 Å². The normalized spacial score (nSPS) is 19.8. The third kappa shape index (κ3) is 1.94. The van der Waals surface area contributed by atoms with Gasteiger partial charge in [-0.15, -0.1) is 5.10 Å². The van der Waals surface area contributed by atoms with Gasteiger partial charge in [-0.1, -0.05) is 30.3 Å². The van der Waals surface area contributed by atoms with E-state index in [1.54, 1.807) is 0 Å². The molecule has 4 rings (SSSR count). The summed E-state index contributed by atoms with van der Waals surface area (Å²) in [6.07, 6.45) is -0.564. The van der Waals surface area contributed by atoms with Gasteiger partial charge in [0.2, 0.25) is 12.1 Å². The fourth-order valence-corrected chi connectivity index (χ4v) is 2.44. The first kappa shape index (κ1) is 12.0. The number of rotatable bonds is 1. The maximum Gasteiger partial charge on any atom is 0.284 e. The number of benzene rings is 2. The standard InChI is InChI=1S/C16H12N2O3/c19-14-10-20-13-9-5-4-8-12(13)16-18(14)17-15(21-16)11-6-2-1-3-7-11/h1-9,16H,10H2. The van der Waals surface area contributed by atoms with Crippen LogP contribution in [0.4, 0.5) is 0 Å². The molecule has 2 aliphatic heterocycles. The van der Waals surface area contributed by atoms with Gasteiger partial charge in [-0.05, 0) is 24.3 Å². The van der Waals surface area contributed by atoms with E-state index in [9.17, 15) is 4.79 Å². The van der Waals surface area contributed by atoms with Crippen LogP contribution in [-0.2, 0) is 9.53 Å². The Hall–Kier alpha value is -2.82. The number of carbonyl (C=O) groups is 1. The Morgan fingerprint density at radius 1 is 1.05 bits per heavy atom. The van der Waals surface area contributed by atoms with Crippen molar-refractivity contribution in [3.05, 3.63) is 65.7 Å². The fraction of sp³-hybridized carbons (Fsp3) is 0.125. The molecule has 0 aromatic heterocycles. The van der Waals surface area contributed by atoms with Crippen LogP contribution in [0.25, 0.3) is 0 Å². The largest absolute Gasteiger partial charge is 0.483 e. The predicted molar refractivity (Wildman–Crippen MR) is 75.6 cm³/mol. The minimum Gasteiger partial charge on any atom is -0.483 e. The first-order valence-electron chi connectivity index (χ1n) is 6.67. The Bertz CT molecular complexity index is 727. The molecule has 2 aliphatic rings. The highest BCUT2D eigenvalue weighted by atomic mass is 16.5. The van der Waals surface area contributed by atoms with E-state index < -0.39 is 6.23 Å². The van der Waals surface area contributed by atoms with Gasteiger partial charge in [0.15, 0.2) is 6.61 Å². The molecule has 0 radical (unpaired) electrons. The minimum absolute atomic E-state index is 0.0392. The van der Waals surface area contributed by atoms with Gasteiger partial charge >= 0.3 is 0 Å². The molecule has 2 aromatic rings. The second-order valence-electron chi connectivity index (χ2n) is 4.81. The van der Waals surface area contributed by atoms with Crippen molar-refractivity contribution in [1.82, 2.24) is 5.01 Å². The Kier molecular flexibility index (Phi) is 2.64. The predicted octanol–water partition coefficient (Wildman–Crippen LogP) is 2.30. The van der Waals surface area contributed by atoms with Crippen molar-refractivity contribution in [3.63, 3.8) is 0 Å². The van der Waals surface area contributed by atoms with Crippen LogP contribution in [0.15, 0.2) is 59.7 Å². The topological polar surface area (TPSA) is 51.1 Å². The summed E-state index contributed by atoms with van der Waals surface area (Å²) in [6.45, 7) is -0.0392. The summed E-state index contributed by atoms with van der Waals surface area (Å²) < 4.78 is 11.4. The third-order valence-electron chi connectivity index (χ3n) is 3.46. The van der Waals surface area contributed by atoms with E-state index in [1.165, 1.54) is 5.01 Å². The van der Waals surface area contributed by atoms with Gasteiger partial charge < -0.3 is 9.47 Å². The lowest BCUT2D eigenvalue weighted by atomic mass is 10.1. The van der Waals surface area contributed by atoms with Crippen molar-refractivity contribution < 1.29 is 14.3 Å². The van der Waals surface area contributed by atoms with Gasteiger partial charge in [-0.25, -0.2) is 0 Å². The fourth-order valence-electron chi connectivity index (χ4n) is 2.44. The molecular formula is C16H12N2O3. The van der Waals surface area contributed by atoms with E-state index in [4.69, 9.17) is 9.47 Å². The van der Waals surface area contributed by atoms with Gasteiger partial charge in [0.05, 0.1) is 5.56 Å². The molecule has 1 amide bonds. The number of hydrogen-bond acceptors (Lipinski definition) is 4. The molecule has 0 saturated heterocycles. The molecule has 0 aliphatic carbocycles. The van der Waals surface area contributed by atoms with Gasteiger partial charge in [0.25, 0.3) is 5.91 Å². The maximum atomic E-state index is 12.2. The summed E-state index contributed by atoms with van der Waals surface area (Å²) >= 11 is 0. The molecule has 104 valence electrons. The van der Waals surface area contributed by atoms with Crippen LogP contribution in [0.1, 0.15) is 17.4 Å². The van der Waals surface area contributed by atoms with Crippen LogP contribution in [0, 0.1) is 0 Å². The third-order valence-corrected chi connectivity index (χ3v) is 3.46. The number of amides is 1. The van der Waals surface area contributed by atoms with Crippen LogP contribution < -0.4 is 4.74 Å². The molecule has 21 heavy (non-hydrogen) atoms. The van der Waals surface area contributed by atoms with E-state index in [1.807, 2.05) is 54.6 Å². The van der Waals surface area contributed by atoms with E-state index in [0.29, 0.717) is 11.6 Å². The zero-order chi connectivity index (χ0) is 14.2. The highest BCUT2D eigenvalue weighted by Gasteiger charge is 2.38. The van der Waals surface area contributed by atoms with Gasteiger partial charge in [0, 0.05) is 5.56 Å². The average molecular weight is 280 g/mol. The molecule has 5 heteroatoms. The highest BCUT2D eigenvalue weighted by molar-refractivity contribution is 5.96. The number of hydrogen-bond donors (Lipinski definition) is 0. The van der Waals surface area contributed by atoms with Crippen LogP contribution in [0.5, 0.6) is 5.75 Å². The molecule has 0 bridgehead atoms. The van der Waals surface area contributed by atoms with E-state index in [0.717, 1.165) is 11.1 Å². The average Bonchev–Trinajstić information content (AvgIpc) is 2.94. The van der Waals surface area contributed by atoms with Crippen molar-refractivity contribution in [2.75, 3.05) is 6.61 Å². The first-order valence-corrected chi connectivity index (χ1v) is 6.67. The van der Waals surface area contributed by atoms with Crippen molar-refractivity contribution in [1.29, 1.82) is 0 Å². The molecule has 0 spiro atoms. The number of nitrogens with zero attached hydrogens (tertiary/aromatic N) is 2. The van der Waals surface area contributed by atoms with Gasteiger partial charge in [0.1, 0.15) is 5.75 Å². The van der Waals surface area contributed by atoms with Crippen LogP contribution >= 0.6 is 0 Å². The summed E-state index contributed by atoms with van der Waals surface area (Å²) in [7, 11) is 0. The Labute approximate surface area is 121 Å². The number of para-hydroxylation sites is 1. The quantitative estimate of drug-likeness (QED) is 0.805. The summed E-state index contributed by atoms with van der Waals surface area (Å²) in [6, 6.07) is 17.0. The Balaban J connectivity index is 1.76. The zero-order valence-electron chi connectivity index (χ0n) is 11.1. The van der Waals surface area contributed by atoms with E-state index >= 15 is 0 Å². The summed E-state index contributed by atoms with van der Waals surface area (Å²) in [5.41, 5.74) is 1.65. The Morgan fingerprint density at radius 3 is 2.67 bits per heavy atom. The summed E-state index contributed by atoms with van der Waals surface area (Å²) in [4.78, 5) is 12.2. The van der Waals surface area contributed by atoms with Crippen molar-refractivity contribution in [2.24, 2.45) is 5.10 Å². The number of ether oxygens (including phenoxy) is 2. The van der Waals surface area contributed by atoms with E-state index in [-0.39, 0.29) is 12.5 Å². The summed E-state index contributed by atoms with van der Waals surface area (Å²) in [5, 5.41) is 5.67. The lowest BCUT2D eigenvalue weighted by molar-refractivity contribution is -0.138. The summed E-state index contributed by atoms with van der Waals surface area (Å²) in [5.74, 6) is 0.885. The van der Waals surface area contributed by atoms with Crippen molar-refractivity contribution in [3.8, 4) is 5.75 Å². The second-order valence-corrected chi connectivity index (χ2v) is 4.81. The van der Waals surface area contributed by atoms with Crippen LogP contribution in [0.3, 0.4) is 0 Å². The molecule has 2 heterocycles. The number of fused-ring (bicyclic) bond motifs is 3. The maximum absolute atomic E-state index is 12.2. The van der Waals surface area contributed by atoms with Gasteiger partial charge in [-0.2, -0.15) is 5.01 Å². The number of carbonyl (C=O) groups excluding carboxylic acids is 1.